The van der Waals surface area contributed by atoms with E-state index in [0.29, 0.717) is 13.2 Å². The normalized spacial score (nSPS) is 12.5. The first-order valence-electron chi connectivity index (χ1n) is 6.77. The molecular weight excluding hydrogens is 256 g/mol. The molecule has 1 heterocycles. The Kier molecular flexibility index (Phi) is 4.63. The number of hydrogen-bond acceptors (Lipinski definition) is 3. The van der Waals surface area contributed by atoms with Gasteiger partial charge in [-0.2, -0.15) is 0 Å². The predicted octanol–water partition coefficient (Wildman–Crippen LogP) is 2.47. The van der Waals surface area contributed by atoms with Crippen molar-refractivity contribution in [1.82, 2.24) is 4.98 Å². The van der Waals surface area contributed by atoms with Crippen molar-refractivity contribution in [3.63, 3.8) is 0 Å². The average molecular weight is 276 g/mol. The molecule has 2 rings (SSSR count). The predicted molar refractivity (Wildman–Crippen MR) is 78.1 cm³/mol. The Morgan fingerprint density at radius 3 is 3.00 bits per heavy atom. The first-order valence-corrected chi connectivity index (χ1v) is 6.77. The van der Waals surface area contributed by atoms with Crippen molar-refractivity contribution in [3.8, 4) is 5.75 Å². The molecule has 0 aliphatic rings. The van der Waals surface area contributed by atoms with Crippen molar-refractivity contribution in [1.29, 1.82) is 0 Å². The van der Waals surface area contributed by atoms with E-state index in [9.17, 15) is 4.79 Å². The van der Waals surface area contributed by atoms with Crippen LogP contribution in [0.4, 0.5) is 0 Å². The quantitative estimate of drug-likeness (QED) is 0.678. The number of aromatic amines is 1. The first kappa shape index (κ1) is 14.4. The van der Waals surface area contributed by atoms with Crippen LogP contribution in [0.3, 0.4) is 0 Å². The summed E-state index contributed by atoms with van der Waals surface area (Å²) in [5.41, 5.74) is 7.43. The van der Waals surface area contributed by atoms with Crippen LogP contribution in [0.2, 0.25) is 0 Å². The minimum Gasteiger partial charge on any atom is -0.494 e. The zero-order chi connectivity index (χ0) is 14.5. The second kappa shape index (κ2) is 6.43. The summed E-state index contributed by atoms with van der Waals surface area (Å²) < 4.78 is 5.63. The second-order valence-corrected chi connectivity index (χ2v) is 4.94. The van der Waals surface area contributed by atoms with Gasteiger partial charge in [0.25, 0.3) is 0 Å². The molecule has 20 heavy (non-hydrogen) atoms. The zero-order valence-electron chi connectivity index (χ0n) is 11.6. The molecular formula is C15H20N2O3. The molecule has 0 saturated heterocycles. The number of ether oxygens (including phenoxy) is 1. The van der Waals surface area contributed by atoms with Gasteiger partial charge in [-0.25, -0.2) is 0 Å². The number of carboxylic acid groups (broad SMARTS) is 1. The van der Waals surface area contributed by atoms with Crippen LogP contribution in [-0.2, 0) is 4.79 Å². The van der Waals surface area contributed by atoms with Gasteiger partial charge in [0.05, 0.1) is 13.0 Å². The monoisotopic (exact) mass is 276 g/mol. The lowest BCUT2D eigenvalue weighted by Gasteiger charge is -2.09. The van der Waals surface area contributed by atoms with Gasteiger partial charge in [0.1, 0.15) is 5.75 Å². The molecule has 2 aromatic rings. The molecule has 1 unspecified atom stereocenters. The fraction of sp³-hybridized carbons (Fsp3) is 0.400. The summed E-state index contributed by atoms with van der Waals surface area (Å²) in [6, 6.07) is 5.81. The van der Waals surface area contributed by atoms with Crippen molar-refractivity contribution < 1.29 is 14.6 Å². The summed E-state index contributed by atoms with van der Waals surface area (Å²) in [6.45, 7) is 3.11. The van der Waals surface area contributed by atoms with Crippen LogP contribution in [0.15, 0.2) is 24.4 Å². The lowest BCUT2D eigenvalue weighted by molar-refractivity contribution is -0.137. The van der Waals surface area contributed by atoms with E-state index < -0.39 is 5.97 Å². The Bertz CT molecular complexity index is 592. The molecule has 108 valence electrons. The van der Waals surface area contributed by atoms with Gasteiger partial charge in [0.2, 0.25) is 0 Å². The summed E-state index contributed by atoms with van der Waals surface area (Å²) in [6.07, 6.45) is 2.81. The molecule has 0 fully saturated rings. The van der Waals surface area contributed by atoms with E-state index in [-0.39, 0.29) is 12.3 Å². The van der Waals surface area contributed by atoms with E-state index in [1.807, 2.05) is 31.3 Å². The summed E-state index contributed by atoms with van der Waals surface area (Å²) >= 11 is 0. The minimum atomic E-state index is -0.790. The van der Waals surface area contributed by atoms with E-state index in [4.69, 9.17) is 15.6 Å². The van der Waals surface area contributed by atoms with Gasteiger partial charge in [0, 0.05) is 17.1 Å². The number of carboxylic acids is 1. The highest BCUT2D eigenvalue weighted by Gasteiger charge is 2.15. The van der Waals surface area contributed by atoms with Crippen molar-refractivity contribution in [2.24, 2.45) is 5.73 Å². The van der Waals surface area contributed by atoms with Gasteiger partial charge in [-0.15, -0.1) is 0 Å². The number of aliphatic carboxylic acids is 1. The number of nitrogens with one attached hydrogen (secondary N) is 1. The Morgan fingerprint density at radius 1 is 1.50 bits per heavy atom. The van der Waals surface area contributed by atoms with Gasteiger partial charge >= 0.3 is 5.97 Å². The molecule has 0 aliphatic carbocycles. The van der Waals surface area contributed by atoms with Crippen LogP contribution >= 0.6 is 0 Å². The van der Waals surface area contributed by atoms with Crippen molar-refractivity contribution in [3.05, 3.63) is 30.0 Å². The fourth-order valence-corrected chi connectivity index (χ4v) is 2.26. The summed E-state index contributed by atoms with van der Waals surface area (Å²) in [4.78, 5) is 14.0. The molecule has 0 amide bonds. The SMILES string of the molecule is CC(CC(=O)O)c1c[nH]c2ccc(OCCCN)cc12. The standard InChI is InChI=1S/C15H20N2O3/c1-10(7-15(18)19)13-9-17-14-4-3-11(8-12(13)14)20-6-2-5-16/h3-4,8-10,17H,2,5-7,16H2,1H3,(H,18,19). The highest BCUT2D eigenvalue weighted by atomic mass is 16.5. The van der Waals surface area contributed by atoms with Crippen molar-refractivity contribution in [2.45, 2.75) is 25.7 Å². The molecule has 0 saturated carbocycles. The largest absolute Gasteiger partial charge is 0.494 e. The maximum Gasteiger partial charge on any atom is 0.303 e. The molecule has 1 aromatic heterocycles. The molecule has 4 N–H and O–H groups in total. The number of nitrogens with two attached hydrogens (primary N) is 1. The van der Waals surface area contributed by atoms with Crippen LogP contribution in [0.1, 0.15) is 31.2 Å². The molecule has 0 radical (unpaired) electrons. The number of benzene rings is 1. The van der Waals surface area contributed by atoms with E-state index in [2.05, 4.69) is 4.98 Å². The Balaban J connectivity index is 2.23. The van der Waals surface area contributed by atoms with Crippen LogP contribution in [-0.4, -0.2) is 29.2 Å². The Morgan fingerprint density at radius 2 is 2.30 bits per heavy atom. The lowest BCUT2D eigenvalue weighted by atomic mass is 9.97. The van der Waals surface area contributed by atoms with Gasteiger partial charge in [0.15, 0.2) is 0 Å². The average Bonchev–Trinajstić information content (AvgIpc) is 2.81. The fourth-order valence-electron chi connectivity index (χ4n) is 2.26. The highest BCUT2D eigenvalue weighted by molar-refractivity contribution is 5.85. The van der Waals surface area contributed by atoms with Crippen LogP contribution in [0, 0.1) is 0 Å². The molecule has 0 aliphatic heterocycles. The molecule has 0 bridgehead atoms. The number of carbonyl (C=O) groups is 1. The third-order valence-corrected chi connectivity index (χ3v) is 3.31. The molecule has 1 aromatic carbocycles. The highest BCUT2D eigenvalue weighted by Crippen LogP contribution is 2.30. The summed E-state index contributed by atoms with van der Waals surface area (Å²) in [5.74, 6) is -0.0444. The van der Waals surface area contributed by atoms with Crippen molar-refractivity contribution >= 4 is 16.9 Å². The minimum absolute atomic E-state index is 0.0412. The van der Waals surface area contributed by atoms with Gasteiger partial charge < -0.3 is 20.6 Å². The Hall–Kier alpha value is -2.01. The zero-order valence-corrected chi connectivity index (χ0v) is 11.6. The number of H-pyrrole nitrogens is 1. The number of fused-ring (bicyclic) bond motifs is 1. The maximum absolute atomic E-state index is 10.8. The summed E-state index contributed by atoms with van der Waals surface area (Å²) in [7, 11) is 0. The van der Waals surface area contributed by atoms with Gasteiger partial charge in [-0.3, -0.25) is 4.79 Å². The first-order chi connectivity index (χ1) is 9.61. The number of aromatic nitrogens is 1. The molecule has 5 heteroatoms. The van der Waals surface area contributed by atoms with Crippen LogP contribution in [0.25, 0.3) is 10.9 Å². The molecule has 5 nitrogen and oxygen atoms in total. The third-order valence-electron chi connectivity index (χ3n) is 3.31. The molecule has 1 atom stereocenters. The Labute approximate surface area is 117 Å². The topological polar surface area (TPSA) is 88.3 Å². The van der Waals surface area contributed by atoms with Crippen LogP contribution < -0.4 is 10.5 Å². The maximum atomic E-state index is 10.8. The van der Waals surface area contributed by atoms with E-state index in [1.165, 1.54) is 0 Å². The van der Waals surface area contributed by atoms with Crippen molar-refractivity contribution in [2.75, 3.05) is 13.2 Å². The number of rotatable bonds is 7. The summed E-state index contributed by atoms with van der Waals surface area (Å²) in [5, 5.41) is 9.92. The van der Waals surface area contributed by atoms with E-state index >= 15 is 0 Å². The molecule has 0 spiro atoms. The lowest BCUT2D eigenvalue weighted by Crippen LogP contribution is -2.06. The van der Waals surface area contributed by atoms with Gasteiger partial charge in [-0.05, 0) is 42.6 Å². The van der Waals surface area contributed by atoms with Crippen LogP contribution in [0.5, 0.6) is 5.75 Å². The van der Waals surface area contributed by atoms with Gasteiger partial charge in [-0.1, -0.05) is 6.92 Å². The smallest absolute Gasteiger partial charge is 0.303 e. The second-order valence-electron chi connectivity index (χ2n) is 4.94. The van der Waals surface area contributed by atoms with E-state index in [0.717, 1.165) is 28.6 Å². The van der Waals surface area contributed by atoms with E-state index in [1.54, 1.807) is 0 Å². The number of hydrogen-bond donors (Lipinski definition) is 3. The third kappa shape index (κ3) is 3.30.